The minimum absolute atomic E-state index is 0.0469. The highest BCUT2D eigenvalue weighted by atomic mass is 35.5. The number of thiophene rings is 1. The normalized spacial score (nSPS) is 17.7. The largest absolute Gasteiger partial charge is 0.486 e. The maximum Gasteiger partial charge on any atom is 0.346 e. The molecule has 0 saturated carbocycles. The van der Waals surface area contributed by atoms with Gasteiger partial charge >= 0.3 is 5.97 Å². The van der Waals surface area contributed by atoms with Crippen LogP contribution < -0.4 is 9.64 Å². The first kappa shape index (κ1) is 20.7. The molecule has 0 bridgehead atoms. The second-order valence-electron chi connectivity index (χ2n) is 7.79. The van der Waals surface area contributed by atoms with E-state index in [1.807, 2.05) is 12.1 Å². The van der Waals surface area contributed by atoms with Gasteiger partial charge in [-0.2, -0.15) is 0 Å². The van der Waals surface area contributed by atoms with Crippen molar-refractivity contribution in [1.29, 1.82) is 0 Å². The Labute approximate surface area is 193 Å². The fourth-order valence-corrected chi connectivity index (χ4v) is 5.46. The number of aromatic carboxylic acids is 1. The zero-order valence-electron chi connectivity index (χ0n) is 16.8. The maximum absolute atomic E-state index is 13.2. The van der Waals surface area contributed by atoms with Crippen molar-refractivity contribution in [2.24, 2.45) is 0 Å². The first-order valence-corrected chi connectivity index (χ1v) is 11.4. The number of halogens is 1. The van der Waals surface area contributed by atoms with Crippen molar-refractivity contribution in [3.63, 3.8) is 0 Å². The Morgan fingerprint density at radius 2 is 1.97 bits per heavy atom. The van der Waals surface area contributed by atoms with Gasteiger partial charge in [0.25, 0.3) is 5.91 Å². The molecular weight excluding hydrogens is 450 g/mol. The Morgan fingerprint density at radius 1 is 1.16 bits per heavy atom. The second kappa shape index (κ2) is 8.07. The third-order valence-corrected chi connectivity index (χ3v) is 7.16. The number of fused-ring (bicyclic) bond motifs is 2. The number of imide groups is 1. The molecule has 1 N–H and O–H groups in total. The van der Waals surface area contributed by atoms with Gasteiger partial charge in [-0.25, -0.2) is 9.69 Å². The van der Waals surface area contributed by atoms with Gasteiger partial charge in [0, 0.05) is 6.07 Å². The van der Waals surface area contributed by atoms with Crippen molar-refractivity contribution >= 4 is 46.4 Å². The molecule has 5 rings (SSSR count). The van der Waals surface area contributed by atoms with E-state index in [0.29, 0.717) is 11.3 Å². The number of nitrogens with zero attached hydrogens (tertiary/aromatic N) is 1. The van der Waals surface area contributed by atoms with Gasteiger partial charge in [0.15, 0.2) is 0 Å². The number of hydrogen-bond donors (Lipinski definition) is 1. The van der Waals surface area contributed by atoms with Crippen LogP contribution in [0.3, 0.4) is 0 Å². The number of hydrogen-bond acceptors (Lipinski definition) is 5. The van der Waals surface area contributed by atoms with Crippen LogP contribution in [0.15, 0.2) is 47.8 Å². The van der Waals surface area contributed by atoms with Gasteiger partial charge in [0.2, 0.25) is 5.91 Å². The number of benzene rings is 2. The maximum atomic E-state index is 13.2. The summed E-state index contributed by atoms with van der Waals surface area (Å²) in [7, 11) is 0. The smallest absolute Gasteiger partial charge is 0.346 e. The van der Waals surface area contributed by atoms with Gasteiger partial charge in [0.1, 0.15) is 16.7 Å². The topological polar surface area (TPSA) is 83.9 Å². The average molecular weight is 468 g/mol. The van der Waals surface area contributed by atoms with Crippen LogP contribution in [0.5, 0.6) is 5.75 Å². The summed E-state index contributed by atoms with van der Waals surface area (Å²) < 4.78 is 6.26. The summed E-state index contributed by atoms with van der Waals surface area (Å²) in [6, 6.07) is 13.0. The van der Waals surface area contributed by atoms with Crippen LogP contribution in [0.25, 0.3) is 0 Å². The number of ether oxygens (including phenoxy) is 1. The quantitative estimate of drug-likeness (QED) is 0.527. The molecule has 8 heteroatoms. The van der Waals surface area contributed by atoms with Crippen molar-refractivity contribution in [3.8, 4) is 5.75 Å². The number of carbonyl (C=O) groups excluding carboxylic acids is 2. The first-order valence-electron chi connectivity index (χ1n) is 10.2. The van der Waals surface area contributed by atoms with Gasteiger partial charge in [-0.1, -0.05) is 35.9 Å². The molecule has 6 nitrogen and oxygen atoms in total. The van der Waals surface area contributed by atoms with E-state index in [1.54, 1.807) is 23.6 Å². The molecule has 2 aliphatic rings. The predicted molar refractivity (Wildman–Crippen MR) is 121 cm³/mol. The molecule has 2 amide bonds. The monoisotopic (exact) mass is 467 g/mol. The van der Waals surface area contributed by atoms with Gasteiger partial charge in [-0.05, 0) is 53.5 Å². The fourth-order valence-electron chi connectivity index (χ4n) is 4.36. The number of aryl methyl sites for hydroxylation is 1. The minimum atomic E-state index is -1.20. The first-order chi connectivity index (χ1) is 15.4. The lowest BCUT2D eigenvalue weighted by Crippen LogP contribution is -2.42. The lowest BCUT2D eigenvalue weighted by molar-refractivity contribution is -0.117. The summed E-state index contributed by atoms with van der Waals surface area (Å²) in [6.45, 7) is 0. The van der Waals surface area contributed by atoms with Crippen molar-refractivity contribution in [2.45, 2.75) is 31.8 Å². The molecule has 2 heterocycles. The van der Waals surface area contributed by atoms with Gasteiger partial charge in [-0.15, -0.1) is 11.3 Å². The number of carbonyl (C=O) groups is 3. The summed E-state index contributed by atoms with van der Waals surface area (Å²) in [6.07, 6.45) is 2.67. The fraction of sp³-hybridized carbons (Fsp3) is 0.208. The molecule has 1 unspecified atom stereocenters. The van der Waals surface area contributed by atoms with E-state index >= 15 is 0 Å². The van der Waals surface area contributed by atoms with E-state index in [9.17, 15) is 19.5 Å². The molecule has 1 aliphatic carbocycles. The molecular formula is C24H18ClNO5S. The summed E-state index contributed by atoms with van der Waals surface area (Å²) in [5.74, 6) is -1.85. The average Bonchev–Trinajstić information content (AvgIpc) is 3.20. The molecule has 0 saturated heterocycles. The van der Waals surface area contributed by atoms with E-state index < -0.39 is 17.8 Å². The van der Waals surface area contributed by atoms with Gasteiger partial charge in [-0.3, -0.25) is 9.59 Å². The highest BCUT2D eigenvalue weighted by molar-refractivity contribution is 7.12. The second-order valence-corrected chi connectivity index (χ2v) is 9.08. The number of amides is 2. The Bertz CT molecular complexity index is 1270. The van der Waals surface area contributed by atoms with Gasteiger partial charge < -0.3 is 9.84 Å². The van der Waals surface area contributed by atoms with Crippen molar-refractivity contribution in [1.82, 2.24) is 0 Å². The van der Waals surface area contributed by atoms with Crippen LogP contribution >= 0.6 is 22.9 Å². The van der Waals surface area contributed by atoms with Crippen molar-refractivity contribution < 1.29 is 24.2 Å². The number of carboxylic acids is 1. The third kappa shape index (κ3) is 3.47. The van der Waals surface area contributed by atoms with Crippen LogP contribution in [0.1, 0.15) is 55.7 Å². The summed E-state index contributed by atoms with van der Waals surface area (Å²) >= 11 is 7.32. The Balaban J connectivity index is 1.50. The molecule has 1 atom stereocenters. The molecule has 32 heavy (non-hydrogen) atoms. The minimum Gasteiger partial charge on any atom is -0.486 e. The molecule has 1 aliphatic heterocycles. The van der Waals surface area contributed by atoms with E-state index in [-0.39, 0.29) is 33.7 Å². The summed E-state index contributed by atoms with van der Waals surface area (Å²) in [5.41, 5.74) is 3.06. The summed E-state index contributed by atoms with van der Waals surface area (Å²) in [4.78, 5) is 38.4. The third-order valence-electron chi connectivity index (χ3n) is 5.82. The predicted octanol–water partition coefficient (Wildman–Crippen LogP) is 5.29. The van der Waals surface area contributed by atoms with Crippen LogP contribution in [-0.4, -0.2) is 22.9 Å². The Kier molecular flexibility index (Phi) is 5.23. The molecule has 0 spiro atoms. The van der Waals surface area contributed by atoms with E-state index in [1.165, 1.54) is 5.56 Å². The van der Waals surface area contributed by atoms with Crippen LogP contribution in [0, 0.1) is 0 Å². The van der Waals surface area contributed by atoms with Crippen molar-refractivity contribution in [3.05, 3.63) is 80.0 Å². The molecule has 0 radical (unpaired) electrons. The van der Waals surface area contributed by atoms with E-state index in [0.717, 1.165) is 41.1 Å². The standard InChI is InChI=1S/C24H18ClNO5S/c25-17-9-8-15(31-19-7-3-5-13-4-1-2-6-16(13)19)11-18(17)26-20(27)10-14-12-32-22(24(29)30)21(14)23(26)28/h1-2,4,6,8-9,11-12,19H,3,5,7,10H2,(H,29,30). The SMILES string of the molecule is O=C(O)c1scc2c1C(=O)N(c1cc(OC3CCCc4ccccc43)ccc1Cl)C(=O)C2. The van der Waals surface area contributed by atoms with Crippen LogP contribution in [0.4, 0.5) is 5.69 Å². The Morgan fingerprint density at radius 3 is 2.78 bits per heavy atom. The highest BCUT2D eigenvalue weighted by Gasteiger charge is 2.38. The molecule has 2 aromatic carbocycles. The molecule has 162 valence electrons. The lowest BCUT2D eigenvalue weighted by Gasteiger charge is -2.28. The van der Waals surface area contributed by atoms with Crippen molar-refractivity contribution in [2.75, 3.05) is 4.90 Å². The zero-order chi connectivity index (χ0) is 22.4. The molecule has 1 aromatic heterocycles. The molecule has 0 fully saturated rings. The number of carboxylic acid groups (broad SMARTS) is 1. The van der Waals surface area contributed by atoms with E-state index in [2.05, 4.69) is 12.1 Å². The highest BCUT2D eigenvalue weighted by Crippen LogP contribution is 2.39. The van der Waals surface area contributed by atoms with Crippen LogP contribution in [0.2, 0.25) is 5.02 Å². The number of anilines is 1. The number of rotatable bonds is 4. The van der Waals surface area contributed by atoms with E-state index in [4.69, 9.17) is 16.3 Å². The van der Waals surface area contributed by atoms with Gasteiger partial charge in [0.05, 0.1) is 22.7 Å². The Hall–Kier alpha value is -3.16. The lowest BCUT2D eigenvalue weighted by atomic mass is 9.89. The zero-order valence-corrected chi connectivity index (χ0v) is 18.4. The van der Waals surface area contributed by atoms with Crippen LogP contribution in [-0.2, 0) is 17.6 Å². The molecule has 3 aromatic rings. The summed E-state index contributed by atoms with van der Waals surface area (Å²) in [5, 5.41) is 11.2.